The number of hydrogen-bond acceptors (Lipinski definition) is 2. The molecule has 0 aliphatic carbocycles. The molecule has 82 valence electrons. The molecule has 1 heterocycles. The lowest BCUT2D eigenvalue weighted by atomic mass is 10.1. The predicted molar refractivity (Wildman–Crippen MR) is 65.6 cm³/mol. The maximum Gasteiger partial charge on any atom is 0.0377 e. The van der Waals surface area contributed by atoms with Gasteiger partial charge in [-0.05, 0) is 37.3 Å². The molecule has 0 spiro atoms. The van der Waals surface area contributed by atoms with Gasteiger partial charge >= 0.3 is 0 Å². The highest BCUT2D eigenvalue weighted by atomic mass is 14.7. The van der Waals surface area contributed by atoms with Crippen molar-refractivity contribution in [2.75, 3.05) is 5.73 Å². The number of nitrogens with two attached hydrogens (primary N) is 1. The van der Waals surface area contributed by atoms with Crippen LogP contribution in [0, 0.1) is 0 Å². The second-order valence-electron chi connectivity index (χ2n) is 3.82. The number of anilines is 1. The van der Waals surface area contributed by atoms with E-state index in [9.17, 15) is 0 Å². The van der Waals surface area contributed by atoms with Crippen molar-refractivity contribution in [3.05, 3.63) is 36.7 Å². The average molecular weight is 204 g/mol. The fraction of sp³-hybridized carbons (Fsp3) is 0.462. The average Bonchev–Trinajstić information content (AvgIpc) is 2.25. The van der Waals surface area contributed by atoms with Gasteiger partial charge in [-0.15, -0.1) is 6.58 Å². The lowest BCUT2D eigenvalue weighted by molar-refractivity contribution is 0.646. The zero-order valence-corrected chi connectivity index (χ0v) is 9.28. The number of nitrogen functional groups attached to an aromatic ring is 1. The summed E-state index contributed by atoms with van der Waals surface area (Å²) in [5.41, 5.74) is 7.88. The van der Waals surface area contributed by atoms with Crippen LogP contribution in [0.5, 0.6) is 0 Å². The van der Waals surface area contributed by atoms with Crippen molar-refractivity contribution in [1.29, 1.82) is 0 Å². The highest BCUT2D eigenvalue weighted by Gasteiger charge is 1.97. The van der Waals surface area contributed by atoms with Crippen LogP contribution in [0.25, 0.3) is 0 Å². The molecule has 0 saturated carbocycles. The van der Waals surface area contributed by atoms with E-state index in [1.54, 1.807) is 6.20 Å². The summed E-state index contributed by atoms with van der Waals surface area (Å²) in [6.45, 7) is 3.71. The quantitative estimate of drug-likeness (QED) is 0.546. The van der Waals surface area contributed by atoms with E-state index in [0.717, 1.165) is 18.5 Å². The summed E-state index contributed by atoms with van der Waals surface area (Å²) in [5, 5.41) is 0. The monoisotopic (exact) mass is 204 g/mol. The number of aromatic nitrogens is 1. The number of aryl methyl sites for hydroxylation is 1. The van der Waals surface area contributed by atoms with Crippen LogP contribution in [0.3, 0.4) is 0 Å². The Bertz CT molecular complexity index is 294. The first-order valence-electron chi connectivity index (χ1n) is 5.64. The fourth-order valence-corrected chi connectivity index (χ4v) is 1.60. The van der Waals surface area contributed by atoms with Crippen LogP contribution >= 0.6 is 0 Å². The van der Waals surface area contributed by atoms with Crippen molar-refractivity contribution in [2.45, 2.75) is 38.5 Å². The van der Waals surface area contributed by atoms with Crippen LogP contribution in [0.2, 0.25) is 0 Å². The van der Waals surface area contributed by atoms with E-state index in [2.05, 4.69) is 11.6 Å². The highest BCUT2D eigenvalue weighted by Crippen LogP contribution is 2.13. The van der Waals surface area contributed by atoms with Gasteiger partial charge in [0.25, 0.3) is 0 Å². The zero-order valence-electron chi connectivity index (χ0n) is 9.28. The van der Waals surface area contributed by atoms with Gasteiger partial charge in [-0.3, -0.25) is 4.98 Å². The first-order valence-corrected chi connectivity index (χ1v) is 5.64. The molecule has 0 atom stereocenters. The van der Waals surface area contributed by atoms with E-state index in [4.69, 9.17) is 5.73 Å². The Balaban J connectivity index is 2.15. The zero-order chi connectivity index (χ0) is 10.9. The lowest BCUT2D eigenvalue weighted by Gasteiger charge is -2.03. The van der Waals surface area contributed by atoms with Gasteiger partial charge in [0.05, 0.1) is 0 Å². The van der Waals surface area contributed by atoms with E-state index in [0.29, 0.717) is 0 Å². The van der Waals surface area contributed by atoms with E-state index < -0.39 is 0 Å². The number of nitrogens with zero attached hydrogens (tertiary/aromatic N) is 1. The molecule has 0 radical (unpaired) electrons. The van der Waals surface area contributed by atoms with Gasteiger partial charge in [0, 0.05) is 18.1 Å². The van der Waals surface area contributed by atoms with E-state index in [-0.39, 0.29) is 0 Å². The van der Waals surface area contributed by atoms with Gasteiger partial charge < -0.3 is 5.73 Å². The molecule has 0 aliphatic heterocycles. The standard InChI is InChI=1S/C13H20N2/c1-2-3-4-5-6-7-8-12-11-15-10-9-13(12)14/h2,9-11H,1,3-8H2,(H2,14,15). The molecule has 2 nitrogen and oxygen atoms in total. The molecule has 0 fully saturated rings. The maximum atomic E-state index is 5.83. The largest absolute Gasteiger partial charge is 0.398 e. The Labute approximate surface area is 92.2 Å². The second-order valence-corrected chi connectivity index (χ2v) is 3.82. The van der Waals surface area contributed by atoms with Gasteiger partial charge in [0.15, 0.2) is 0 Å². The van der Waals surface area contributed by atoms with Gasteiger partial charge in [-0.25, -0.2) is 0 Å². The number of allylic oxidation sites excluding steroid dienone is 1. The topological polar surface area (TPSA) is 38.9 Å². The normalized spacial score (nSPS) is 10.1. The van der Waals surface area contributed by atoms with Gasteiger partial charge in [0.2, 0.25) is 0 Å². The van der Waals surface area contributed by atoms with Crippen LogP contribution in [0.1, 0.15) is 37.7 Å². The summed E-state index contributed by atoms with van der Waals surface area (Å²) < 4.78 is 0. The summed E-state index contributed by atoms with van der Waals surface area (Å²) >= 11 is 0. The molecule has 1 aromatic rings. The molecule has 0 bridgehead atoms. The minimum absolute atomic E-state index is 0.871. The first kappa shape index (κ1) is 11.8. The third-order valence-corrected chi connectivity index (χ3v) is 2.55. The summed E-state index contributed by atoms with van der Waals surface area (Å²) in [6, 6.07) is 1.87. The summed E-state index contributed by atoms with van der Waals surface area (Å²) in [6.07, 6.45) is 12.8. The van der Waals surface area contributed by atoms with E-state index in [1.165, 1.54) is 31.2 Å². The van der Waals surface area contributed by atoms with Crippen molar-refractivity contribution in [3.8, 4) is 0 Å². The molecule has 15 heavy (non-hydrogen) atoms. The predicted octanol–water partition coefficient (Wildman–Crippen LogP) is 3.34. The second kappa shape index (κ2) is 7.04. The van der Waals surface area contributed by atoms with E-state index in [1.807, 2.05) is 18.3 Å². The van der Waals surface area contributed by atoms with Crippen molar-refractivity contribution in [1.82, 2.24) is 4.98 Å². The van der Waals surface area contributed by atoms with Crippen LogP contribution in [0.4, 0.5) is 5.69 Å². The lowest BCUT2D eigenvalue weighted by Crippen LogP contribution is -1.95. The maximum absolute atomic E-state index is 5.83. The molecular formula is C13H20N2. The minimum Gasteiger partial charge on any atom is -0.398 e. The van der Waals surface area contributed by atoms with Crippen molar-refractivity contribution in [3.63, 3.8) is 0 Å². The van der Waals surface area contributed by atoms with Crippen LogP contribution in [-0.2, 0) is 6.42 Å². The fourth-order valence-electron chi connectivity index (χ4n) is 1.60. The molecule has 0 aliphatic rings. The Morgan fingerprint density at radius 3 is 2.80 bits per heavy atom. The SMILES string of the molecule is C=CCCCCCCc1cnccc1N. The van der Waals surface area contributed by atoms with E-state index >= 15 is 0 Å². The van der Waals surface area contributed by atoms with Crippen LogP contribution < -0.4 is 5.73 Å². The highest BCUT2D eigenvalue weighted by molar-refractivity contribution is 5.44. The molecule has 2 N–H and O–H groups in total. The Morgan fingerprint density at radius 1 is 1.27 bits per heavy atom. The van der Waals surface area contributed by atoms with Gasteiger partial charge in [-0.2, -0.15) is 0 Å². The Kier molecular flexibility index (Phi) is 5.52. The summed E-state index contributed by atoms with van der Waals surface area (Å²) in [7, 11) is 0. The number of hydrogen-bond donors (Lipinski definition) is 1. The molecule has 1 rings (SSSR count). The summed E-state index contributed by atoms with van der Waals surface area (Å²) in [4.78, 5) is 4.08. The van der Waals surface area contributed by atoms with Gasteiger partial charge in [0.1, 0.15) is 0 Å². The molecular weight excluding hydrogens is 184 g/mol. The number of pyridine rings is 1. The Hall–Kier alpha value is -1.31. The van der Waals surface area contributed by atoms with Gasteiger partial charge in [-0.1, -0.05) is 18.9 Å². The molecule has 0 saturated heterocycles. The number of unbranched alkanes of at least 4 members (excludes halogenated alkanes) is 4. The molecule has 0 unspecified atom stereocenters. The van der Waals surface area contributed by atoms with Crippen LogP contribution in [-0.4, -0.2) is 4.98 Å². The molecule has 1 aromatic heterocycles. The molecule has 0 aromatic carbocycles. The van der Waals surface area contributed by atoms with Crippen LogP contribution in [0.15, 0.2) is 31.1 Å². The first-order chi connectivity index (χ1) is 7.34. The third-order valence-electron chi connectivity index (χ3n) is 2.55. The van der Waals surface area contributed by atoms with Crippen molar-refractivity contribution >= 4 is 5.69 Å². The minimum atomic E-state index is 0.871. The number of rotatable bonds is 7. The molecule has 2 heteroatoms. The van der Waals surface area contributed by atoms with Crippen molar-refractivity contribution < 1.29 is 0 Å². The Morgan fingerprint density at radius 2 is 2.07 bits per heavy atom. The smallest absolute Gasteiger partial charge is 0.0377 e. The molecule has 0 amide bonds. The van der Waals surface area contributed by atoms with Crippen molar-refractivity contribution in [2.24, 2.45) is 0 Å². The third kappa shape index (κ3) is 4.63. The summed E-state index contributed by atoms with van der Waals surface area (Å²) in [5.74, 6) is 0.